The fourth-order valence-electron chi connectivity index (χ4n) is 1.01. The number of aliphatic carboxylic acids is 1. The van der Waals surface area contributed by atoms with Crippen molar-refractivity contribution in [3.05, 3.63) is 35.6 Å². The molecule has 3 heteroatoms. The predicted octanol–water partition coefficient (Wildman–Crippen LogP) is 2.51. The van der Waals surface area contributed by atoms with Crippen LogP contribution in [-0.4, -0.2) is 18.2 Å². The molecule has 1 aliphatic rings. The van der Waals surface area contributed by atoms with Crippen LogP contribution in [0.1, 0.15) is 20.3 Å². The Hall–Kier alpha value is -1.51. The van der Waals surface area contributed by atoms with Gasteiger partial charge in [0.2, 0.25) is 0 Å². The number of carboxylic acids is 1. The zero-order valence-electron chi connectivity index (χ0n) is 8.78. The predicted molar refractivity (Wildman–Crippen MR) is 55.9 cm³/mol. The maximum Gasteiger partial charge on any atom is 0.300 e. The van der Waals surface area contributed by atoms with Crippen LogP contribution in [-0.2, 0) is 9.53 Å². The fourth-order valence-corrected chi connectivity index (χ4v) is 1.01. The molecule has 0 radical (unpaired) electrons. The van der Waals surface area contributed by atoms with Gasteiger partial charge in [0.25, 0.3) is 5.97 Å². The molecule has 0 aliphatic heterocycles. The van der Waals surface area contributed by atoms with Crippen molar-refractivity contribution >= 4 is 5.97 Å². The Morgan fingerprint density at radius 1 is 1.64 bits per heavy atom. The molecular formula is C11H16O3. The van der Waals surface area contributed by atoms with Crippen molar-refractivity contribution in [1.29, 1.82) is 0 Å². The monoisotopic (exact) mass is 196 g/mol. The molecule has 0 heterocycles. The Bertz CT molecular complexity index is 266. The lowest BCUT2D eigenvalue weighted by Crippen LogP contribution is -1.87. The summed E-state index contributed by atoms with van der Waals surface area (Å²) < 4.78 is 4.89. The van der Waals surface area contributed by atoms with Crippen LogP contribution in [0.3, 0.4) is 0 Å². The molecule has 0 aromatic heterocycles. The average molecular weight is 196 g/mol. The summed E-state index contributed by atoms with van der Waals surface area (Å²) in [6, 6.07) is 0. The lowest BCUT2D eigenvalue weighted by Gasteiger charge is -2.05. The van der Waals surface area contributed by atoms with Crippen LogP contribution in [0.15, 0.2) is 35.6 Å². The van der Waals surface area contributed by atoms with Crippen molar-refractivity contribution in [2.24, 2.45) is 0 Å². The number of hydrogen-bond acceptors (Lipinski definition) is 2. The van der Waals surface area contributed by atoms with Gasteiger partial charge in [-0.25, -0.2) is 0 Å². The van der Waals surface area contributed by atoms with Gasteiger partial charge in [-0.2, -0.15) is 0 Å². The topological polar surface area (TPSA) is 46.5 Å². The first kappa shape index (κ1) is 12.5. The molecule has 1 aliphatic carbocycles. The second kappa shape index (κ2) is 6.95. The SMILES string of the molecule is CC(=O)O.COC=C1C=CC=C(C)C1. The minimum absolute atomic E-state index is 0.833. The smallest absolute Gasteiger partial charge is 0.300 e. The number of carboxylic acid groups (broad SMARTS) is 1. The van der Waals surface area contributed by atoms with Crippen molar-refractivity contribution in [2.45, 2.75) is 20.3 Å². The van der Waals surface area contributed by atoms with Gasteiger partial charge in [-0.3, -0.25) is 4.79 Å². The second-order valence-electron chi connectivity index (χ2n) is 3.00. The maximum absolute atomic E-state index is 9.00. The average Bonchev–Trinajstić information content (AvgIpc) is 2.03. The molecule has 0 spiro atoms. The van der Waals surface area contributed by atoms with Gasteiger partial charge < -0.3 is 9.84 Å². The van der Waals surface area contributed by atoms with E-state index in [4.69, 9.17) is 14.6 Å². The van der Waals surface area contributed by atoms with Crippen molar-refractivity contribution in [3.8, 4) is 0 Å². The quantitative estimate of drug-likeness (QED) is 0.655. The van der Waals surface area contributed by atoms with E-state index in [9.17, 15) is 0 Å². The minimum Gasteiger partial charge on any atom is -0.504 e. The van der Waals surface area contributed by atoms with E-state index in [0.29, 0.717) is 0 Å². The van der Waals surface area contributed by atoms with E-state index in [1.54, 1.807) is 13.4 Å². The molecule has 78 valence electrons. The Labute approximate surface area is 84.4 Å². The van der Waals surface area contributed by atoms with Crippen LogP contribution >= 0.6 is 0 Å². The van der Waals surface area contributed by atoms with Gasteiger partial charge >= 0.3 is 0 Å². The van der Waals surface area contributed by atoms with Crippen LogP contribution in [0, 0.1) is 0 Å². The van der Waals surface area contributed by atoms with Crippen molar-refractivity contribution in [1.82, 2.24) is 0 Å². The van der Waals surface area contributed by atoms with Gasteiger partial charge in [-0.05, 0) is 18.9 Å². The summed E-state index contributed by atoms with van der Waals surface area (Å²) in [6.07, 6.45) is 9.03. The standard InChI is InChI=1S/C9H12O.C2H4O2/c1-8-4-3-5-9(6-8)7-10-2;1-2(3)4/h3-5,7H,6H2,1-2H3;1H3,(H,3,4). The van der Waals surface area contributed by atoms with E-state index >= 15 is 0 Å². The van der Waals surface area contributed by atoms with Gasteiger partial charge in [-0.1, -0.05) is 23.8 Å². The Kier molecular flexibility index (Phi) is 6.20. The summed E-state index contributed by atoms with van der Waals surface area (Å²) in [5.41, 5.74) is 2.62. The second-order valence-corrected chi connectivity index (χ2v) is 3.00. The number of hydrogen-bond donors (Lipinski definition) is 1. The summed E-state index contributed by atoms with van der Waals surface area (Å²) in [6.45, 7) is 3.20. The van der Waals surface area contributed by atoms with Gasteiger partial charge in [0.05, 0.1) is 13.4 Å². The molecule has 0 saturated heterocycles. The maximum atomic E-state index is 9.00. The normalized spacial score (nSPS) is 16.8. The molecule has 0 amide bonds. The van der Waals surface area contributed by atoms with Crippen LogP contribution < -0.4 is 0 Å². The summed E-state index contributed by atoms with van der Waals surface area (Å²) >= 11 is 0. The van der Waals surface area contributed by atoms with Crippen LogP contribution in [0.5, 0.6) is 0 Å². The Morgan fingerprint density at radius 3 is 2.64 bits per heavy atom. The van der Waals surface area contributed by atoms with E-state index < -0.39 is 5.97 Å². The third-order valence-corrected chi connectivity index (χ3v) is 1.44. The molecule has 0 saturated carbocycles. The van der Waals surface area contributed by atoms with Gasteiger partial charge in [0.1, 0.15) is 0 Å². The van der Waals surface area contributed by atoms with E-state index in [2.05, 4.69) is 19.1 Å². The third kappa shape index (κ3) is 7.16. The van der Waals surface area contributed by atoms with E-state index in [1.165, 1.54) is 11.1 Å². The number of rotatable bonds is 1. The molecule has 3 nitrogen and oxygen atoms in total. The summed E-state index contributed by atoms with van der Waals surface area (Å²) in [5.74, 6) is -0.833. The molecule has 0 aromatic carbocycles. The molecule has 0 atom stereocenters. The highest BCUT2D eigenvalue weighted by atomic mass is 16.5. The molecule has 0 bridgehead atoms. The highest BCUT2D eigenvalue weighted by Crippen LogP contribution is 2.16. The van der Waals surface area contributed by atoms with Crippen molar-refractivity contribution in [3.63, 3.8) is 0 Å². The molecular weight excluding hydrogens is 180 g/mol. The van der Waals surface area contributed by atoms with E-state index in [-0.39, 0.29) is 0 Å². The number of ether oxygens (including phenoxy) is 1. The molecule has 14 heavy (non-hydrogen) atoms. The Morgan fingerprint density at radius 2 is 2.21 bits per heavy atom. The first-order valence-electron chi connectivity index (χ1n) is 4.31. The first-order chi connectivity index (χ1) is 6.56. The van der Waals surface area contributed by atoms with E-state index in [0.717, 1.165) is 13.3 Å². The summed E-state index contributed by atoms with van der Waals surface area (Å²) in [4.78, 5) is 9.00. The summed E-state index contributed by atoms with van der Waals surface area (Å²) in [7, 11) is 1.68. The van der Waals surface area contributed by atoms with Crippen LogP contribution in [0.2, 0.25) is 0 Å². The first-order valence-corrected chi connectivity index (χ1v) is 4.31. The lowest BCUT2D eigenvalue weighted by molar-refractivity contribution is -0.134. The molecule has 0 unspecified atom stereocenters. The van der Waals surface area contributed by atoms with Crippen molar-refractivity contribution in [2.75, 3.05) is 7.11 Å². The highest BCUT2D eigenvalue weighted by Gasteiger charge is 1.97. The lowest BCUT2D eigenvalue weighted by atomic mass is 10.0. The molecule has 0 aromatic rings. The van der Waals surface area contributed by atoms with Gasteiger partial charge in [0.15, 0.2) is 0 Å². The zero-order chi connectivity index (χ0) is 11.0. The van der Waals surface area contributed by atoms with Crippen molar-refractivity contribution < 1.29 is 14.6 Å². The number of allylic oxidation sites excluding steroid dienone is 5. The Balaban J connectivity index is 0.000000364. The summed E-state index contributed by atoms with van der Waals surface area (Å²) in [5, 5.41) is 7.42. The number of methoxy groups -OCH3 is 1. The molecule has 0 fully saturated rings. The zero-order valence-corrected chi connectivity index (χ0v) is 8.78. The van der Waals surface area contributed by atoms with Gasteiger partial charge in [-0.15, -0.1) is 0 Å². The van der Waals surface area contributed by atoms with Crippen LogP contribution in [0.4, 0.5) is 0 Å². The van der Waals surface area contributed by atoms with E-state index in [1.807, 2.05) is 6.08 Å². The highest BCUT2D eigenvalue weighted by molar-refractivity contribution is 5.62. The molecule has 1 N–H and O–H groups in total. The largest absolute Gasteiger partial charge is 0.504 e. The molecule has 1 rings (SSSR count). The number of carbonyl (C=O) groups is 1. The minimum atomic E-state index is -0.833. The third-order valence-electron chi connectivity index (χ3n) is 1.44. The van der Waals surface area contributed by atoms with Gasteiger partial charge in [0, 0.05) is 6.92 Å². The fraction of sp³-hybridized carbons (Fsp3) is 0.364. The van der Waals surface area contributed by atoms with Crippen LogP contribution in [0.25, 0.3) is 0 Å².